The van der Waals surface area contributed by atoms with Crippen LogP contribution in [-0.2, 0) is 0 Å². The molecule has 1 nitrogen and oxygen atoms in total. The lowest BCUT2D eigenvalue weighted by Gasteiger charge is -2.06. The van der Waals surface area contributed by atoms with E-state index in [2.05, 4.69) is 0 Å². The van der Waals surface area contributed by atoms with Crippen LogP contribution in [0.4, 0.5) is 4.39 Å². The molecule has 1 heterocycles. The van der Waals surface area contributed by atoms with Crippen molar-refractivity contribution in [3.63, 3.8) is 0 Å². The molecular weight excluding hydrogens is 237 g/mol. The molecule has 0 spiro atoms. The van der Waals surface area contributed by atoms with E-state index in [1.54, 1.807) is 12.1 Å². The predicted molar refractivity (Wildman–Crippen MR) is 68.2 cm³/mol. The summed E-state index contributed by atoms with van der Waals surface area (Å²) in [4.78, 5) is 0. The van der Waals surface area contributed by atoms with Crippen molar-refractivity contribution in [2.24, 2.45) is 0 Å². The van der Waals surface area contributed by atoms with E-state index in [0.29, 0.717) is 0 Å². The summed E-state index contributed by atoms with van der Waals surface area (Å²) in [6.45, 7) is 0. The van der Waals surface area contributed by atoms with E-state index in [1.165, 1.54) is 6.07 Å². The van der Waals surface area contributed by atoms with Crippen molar-refractivity contribution >= 4 is 22.5 Å². The van der Waals surface area contributed by atoms with Crippen LogP contribution < -0.4 is 0 Å². The number of halogens is 2. The quantitative estimate of drug-likeness (QED) is 0.598. The summed E-state index contributed by atoms with van der Waals surface area (Å²) in [6, 6.07) is 14.8. The van der Waals surface area contributed by atoms with Crippen LogP contribution in [-0.4, -0.2) is 4.57 Å². The molecule has 3 aromatic rings. The van der Waals surface area contributed by atoms with Crippen molar-refractivity contribution in [2.45, 2.75) is 0 Å². The SMILES string of the molecule is Fc1ccc(-n2ccc3ccccc32)cc1Cl. The normalized spacial score (nSPS) is 10.9. The molecule has 3 rings (SSSR count). The van der Waals surface area contributed by atoms with Crippen LogP contribution in [0.25, 0.3) is 16.6 Å². The molecule has 2 aromatic carbocycles. The Morgan fingerprint density at radius 3 is 2.65 bits per heavy atom. The van der Waals surface area contributed by atoms with E-state index in [-0.39, 0.29) is 5.02 Å². The highest BCUT2D eigenvalue weighted by atomic mass is 35.5. The van der Waals surface area contributed by atoms with Crippen LogP contribution >= 0.6 is 11.6 Å². The van der Waals surface area contributed by atoms with Gasteiger partial charge in [0, 0.05) is 11.9 Å². The van der Waals surface area contributed by atoms with Gasteiger partial charge in [-0.25, -0.2) is 4.39 Å². The lowest BCUT2D eigenvalue weighted by atomic mass is 10.2. The number of benzene rings is 2. The van der Waals surface area contributed by atoms with E-state index in [1.807, 2.05) is 41.1 Å². The van der Waals surface area contributed by atoms with Gasteiger partial charge in [0.05, 0.1) is 10.5 Å². The highest BCUT2D eigenvalue weighted by molar-refractivity contribution is 6.30. The van der Waals surface area contributed by atoms with Crippen LogP contribution in [0, 0.1) is 5.82 Å². The number of hydrogen-bond acceptors (Lipinski definition) is 0. The minimum absolute atomic E-state index is 0.139. The zero-order valence-corrected chi connectivity index (χ0v) is 9.66. The molecule has 17 heavy (non-hydrogen) atoms. The maximum Gasteiger partial charge on any atom is 0.141 e. The number of hydrogen-bond donors (Lipinski definition) is 0. The fourth-order valence-corrected chi connectivity index (χ4v) is 2.12. The number of nitrogens with zero attached hydrogens (tertiary/aromatic N) is 1. The van der Waals surface area contributed by atoms with Crippen molar-refractivity contribution in [3.05, 3.63) is 65.6 Å². The van der Waals surface area contributed by atoms with E-state index in [4.69, 9.17) is 11.6 Å². The molecular formula is C14H9ClFN. The lowest BCUT2D eigenvalue weighted by molar-refractivity contribution is 0.628. The smallest absolute Gasteiger partial charge is 0.141 e. The molecule has 0 aliphatic rings. The minimum Gasteiger partial charge on any atom is -0.317 e. The van der Waals surface area contributed by atoms with E-state index >= 15 is 0 Å². The second kappa shape index (κ2) is 3.90. The Morgan fingerprint density at radius 2 is 1.82 bits per heavy atom. The molecule has 1 aromatic heterocycles. The summed E-state index contributed by atoms with van der Waals surface area (Å²) in [5.74, 6) is -0.396. The van der Waals surface area contributed by atoms with Gasteiger partial charge in [-0.3, -0.25) is 0 Å². The number of fused-ring (bicyclic) bond motifs is 1. The molecule has 0 fully saturated rings. The van der Waals surface area contributed by atoms with E-state index < -0.39 is 5.82 Å². The number of aromatic nitrogens is 1. The Balaban J connectivity index is 2.24. The Morgan fingerprint density at radius 1 is 1.00 bits per heavy atom. The molecule has 0 amide bonds. The highest BCUT2D eigenvalue weighted by Gasteiger charge is 2.05. The second-order valence-electron chi connectivity index (χ2n) is 3.84. The lowest BCUT2D eigenvalue weighted by Crippen LogP contribution is -1.92. The first kappa shape index (κ1) is 10.4. The summed E-state index contributed by atoms with van der Waals surface area (Å²) in [5.41, 5.74) is 1.94. The van der Waals surface area contributed by atoms with Crippen LogP contribution in [0.5, 0.6) is 0 Å². The fraction of sp³-hybridized carbons (Fsp3) is 0. The average molecular weight is 246 g/mol. The van der Waals surface area contributed by atoms with Crippen molar-refractivity contribution < 1.29 is 4.39 Å². The number of rotatable bonds is 1. The van der Waals surface area contributed by atoms with Crippen LogP contribution in [0.15, 0.2) is 54.7 Å². The maximum atomic E-state index is 13.1. The monoisotopic (exact) mass is 245 g/mol. The summed E-state index contributed by atoms with van der Waals surface area (Å²) < 4.78 is 15.1. The van der Waals surface area contributed by atoms with Crippen molar-refractivity contribution in [3.8, 4) is 5.69 Å². The van der Waals surface area contributed by atoms with Gasteiger partial charge in [0.2, 0.25) is 0 Å². The molecule has 0 bridgehead atoms. The van der Waals surface area contributed by atoms with Crippen molar-refractivity contribution in [1.82, 2.24) is 4.57 Å². The van der Waals surface area contributed by atoms with Gasteiger partial charge in [-0.1, -0.05) is 29.8 Å². The summed E-state index contributed by atoms with van der Waals surface area (Å²) >= 11 is 5.79. The topological polar surface area (TPSA) is 4.93 Å². The first-order valence-corrected chi connectivity index (χ1v) is 5.65. The minimum atomic E-state index is -0.396. The molecule has 84 valence electrons. The van der Waals surface area contributed by atoms with Gasteiger partial charge in [0.1, 0.15) is 5.82 Å². The Kier molecular flexibility index (Phi) is 2.37. The van der Waals surface area contributed by atoms with Crippen LogP contribution in [0.2, 0.25) is 5.02 Å². The largest absolute Gasteiger partial charge is 0.317 e. The summed E-state index contributed by atoms with van der Waals surface area (Å²) in [6.07, 6.45) is 1.95. The summed E-state index contributed by atoms with van der Waals surface area (Å²) in [5, 5.41) is 1.29. The molecule has 0 saturated carbocycles. The molecule has 0 saturated heterocycles. The molecule has 0 radical (unpaired) electrons. The first-order valence-electron chi connectivity index (χ1n) is 5.27. The average Bonchev–Trinajstić information content (AvgIpc) is 2.76. The number of para-hydroxylation sites is 1. The van der Waals surface area contributed by atoms with Gasteiger partial charge < -0.3 is 4.57 Å². The molecule has 0 aliphatic heterocycles. The first-order chi connectivity index (χ1) is 8.25. The second-order valence-corrected chi connectivity index (χ2v) is 4.25. The van der Waals surface area contributed by atoms with Gasteiger partial charge in [-0.05, 0) is 35.7 Å². The summed E-state index contributed by atoms with van der Waals surface area (Å²) in [7, 11) is 0. The standard InChI is InChI=1S/C14H9ClFN/c15-12-9-11(5-6-13(12)16)17-8-7-10-3-1-2-4-14(10)17/h1-9H. The Hall–Kier alpha value is -1.80. The van der Waals surface area contributed by atoms with E-state index in [0.717, 1.165) is 16.6 Å². The van der Waals surface area contributed by atoms with Crippen molar-refractivity contribution in [1.29, 1.82) is 0 Å². The molecule has 0 atom stereocenters. The van der Waals surface area contributed by atoms with Crippen LogP contribution in [0.1, 0.15) is 0 Å². The van der Waals surface area contributed by atoms with Gasteiger partial charge in [-0.15, -0.1) is 0 Å². The van der Waals surface area contributed by atoms with Crippen molar-refractivity contribution in [2.75, 3.05) is 0 Å². The fourth-order valence-electron chi connectivity index (χ4n) is 1.94. The Labute approximate surface area is 103 Å². The zero-order valence-electron chi connectivity index (χ0n) is 8.90. The highest BCUT2D eigenvalue weighted by Crippen LogP contribution is 2.23. The third-order valence-corrected chi connectivity index (χ3v) is 3.07. The maximum absolute atomic E-state index is 13.1. The molecule has 0 aliphatic carbocycles. The van der Waals surface area contributed by atoms with Crippen LogP contribution in [0.3, 0.4) is 0 Å². The molecule has 3 heteroatoms. The third kappa shape index (κ3) is 1.71. The zero-order chi connectivity index (χ0) is 11.8. The van der Waals surface area contributed by atoms with Gasteiger partial charge in [0.15, 0.2) is 0 Å². The molecule has 0 N–H and O–H groups in total. The van der Waals surface area contributed by atoms with Gasteiger partial charge in [-0.2, -0.15) is 0 Å². The molecule has 0 unspecified atom stereocenters. The van der Waals surface area contributed by atoms with E-state index in [9.17, 15) is 4.39 Å². The van der Waals surface area contributed by atoms with Gasteiger partial charge >= 0.3 is 0 Å². The predicted octanol–water partition coefficient (Wildman–Crippen LogP) is 4.42. The Bertz CT molecular complexity index is 688. The third-order valence-electron chi connectivity index (χ3n) is 2.78. The van der Waals surface area contributed by atoms with Gasteiger partial charge in [0.25, 0.3) is 0 Å².